The molecule has 0 saturated carbocycles. The monoisotopic (exact) mass is 249 g/mol. The first-order valence-corrected chi connectivity index (χ1v) is 6.64. The summed E-state index contributed by atoms with van der Waals surface area (Å²) in [6.45, 7) is 5.47. The first-order chi connectivity index (χ1) is 8.79. The number of hydrogen-bond donors (Lipinski definition) is 1. The van der Waals surface area contributed by atoms with E-state index in [1.54, 1.807) is 17.1 Å². The van der Waals surface area contributed by atoms with Gasteiger partial charge in [0.1, 0.15) is 6.54 Å². The van der Waals surface area contributed by atoms with E-state index < -0.39 is 0 Å². The molecule has 0 aliphatic carbocycles. The fourth-order valence-electron chi connectivity index (χ4n) is 3.38. The smallest absolute Gasteiger partial charge is 0.244 e. The third-order valence-corrected chi connectivity index (χ3v) is 4.23. The number of fused-ring (bicyclic) bond motifs is 1. The first kappa shape index (κ1) is 11.6. The van der Waals surface area contributed by atoms with Crippen LogP contribution in [0.5, 0.6) is 0 Å². The Labute approximate surface area is 106 Å². The Bertz CT molecular complexity index is 418. The van der Waals surface area contributed by atoms with E-state index in [0.717, 1.165) is 26.1 Å². The maximum Gasteiger partial charge on any atom is 0.244 e. The summed E-state index contributed by atoms with van der Waals surface area (Å²) in [5, 5.41) is 11.0. The number of carbonyl (C=O) groups excluding carboxylic acids is 1. The average Bonchev–Trinajstić information content (AvgIpc) is 3.03. The molecule has 3 unspecified atom stereocenters. The molecule has 6 nitrogen and oxygen atoms in total. The van der Waals surface area contributed by atoms with Gasteiger partial charge in [0.05, 0.1) is 6.20 Å². The standard InChI is InChI=1S/C12H19N5O/c1-2-11-10-6-13-5-9(10)7-17(11)12(18)8-16-4-3-14-15-16/h3-4,9-11,13H,2,5-8H2,1H3. The molecule has 1 aromatic rings. The van der Waals surface area contributed by atoms with Gasteiger partial charge in [-0.3, -0.25) is 4.79 Å². The highest BCUT2D eigenvalue weighted by atomic mass is 16.2. The van der Waals surface area contributed by atoms with Crippen molar-refractivity contribution in [3.8, 4) is 0 Å². The molecule has 2 aliphatic rings. The summed E-state index contributed by atoms with van der Waals surface area (Å²) < 4.78 is 1.60. The number of nitrogens with zero attached hydrogens (tertiary/aromatic N) is 4. The molecule has 3 atom stereocenters. The second-order valence-electron chi connectivity index (χ2n) is 5.20. The zero-order valence-corrected chi connectivity index (χ0v) is 10.6. The van der Waals surface area contributed by atoms with Crippen LogP contribution in [0.4, 0.5) is 0 Å². The van der Waals surface area contributed by atoms with Crippen molar-refractivity contribution in [2.24, 2.45) is 11.8 Å². The molecule has 0 radical (unpaired) electrons. The van der Waals surface area contributed by atoms with Crippen LogP contribution in [0.1, 0.15) is 13.3 Å². The highest BCUT2D eigenvalue weighted by Gasteiger charge is 2.44. The first-order valence-electron chi connectivity index (χ1n) is 6.64. The summed E-state index contributed by atoms with van der Waals surface area (Å²) in [7, 11) is 0. The van der Waals surface area contributed by atoms with Crippen molar-refractivity contribution in [1.82, 2.24) is 25.2 Å². The molecule has 3 rings (SSSR count). The molecule has 1 aromatic heterocycles. The summed E-state index contributed by atoms with van der Waals surface area (Å²) in [5.41, 5.74) is 0. The van der Waals surface area contributed by atoms with Crippen LogP contribution in [0.2, 0.25) is 0 Å². The van der Waals surface area contributed by atoms with Crippen molar-refractivity contribution in [3.05, 3.63) is 12.4 Å². The number of aromatic nitrogens is 3. The van der Waals surface area contributed by atoms with Gasteiger partial charge in [0, 0.05) is 31.9 Å². The lowest BCUT2D eigenvalue weighted by Crippen LogP contribution is -2.41. The SMILES string of the molecule is CCC1C2CNCC2CN1C(=O)Cn1ccnn1. The van der Waals surface area contributed by atoms with Gasteiger partial charge in [-0.15, -0.1) is 5.10 Å². The van der Waals surface area contributed by atoms with E-state index in [1.807, 2.05) is 0 Å². The second kappa shape index (κ2) is 4.68. The highest BCUT2D eigenvalue weighted by molar-refractivity contribution is 5.76. The molecule has 1 amide bonds. The van der Waals surface area contributed by atoms with Gasteiger partial charge in [0.25, 0.3) is 0 Å². The lowest BCUT2D eigenvalue weighted by atomic mass is 9.93. The number of rotatable bonds is 3. The Balaban J connectivity index is 1.70. The van der Waals surface area contributed by atoms with Crippen molar-refractivity contribution in [3.63, 3.8) is 0 Å². The van der Waals surface area contributed by atoms with Crippen LogP contribution in [0.15, 0.2) is 12.4 Å². The molecule has 0 bridgehead atoms. The Morgan fingerprint density at radius 3 is 3.11 bits per heavy atom. The summed E-state index contributed by atoms with van der Waals surface area (Å²) >= 11 is 0. The summed E-state index contributed by atoms with van der Waals surface area (Å²) in [6, 6.07) is 0.390. The number of likely N-dealkylation sites (tertiary alicyclic amines) is 1. The minimum absolute atomic E-state index is 0.168. The maximum atomic E-state index is 12.3. The minimum Gasteiger partial charge on any atom is -0.337 e. The van der Waals surface area contributed by atoms with Crippen LogP contribution in [0.3, 0.4) is 0 Å². The molecule has 6 heteroatoms. The molecule has 1 N–H and O–H groups in total. The van der Waals surface area contributed by atoms with Gasteiger partial charge in [0.2, 0.25) is 5.91 Å². The number of hydrogen-bond acceptors (Lipinski definition) is 4. The molecule has 18 heavy (non-hydrogen) atoms. The van der Waals surface area contributed by atoms with Gasteiger partial charge in [-0.05, 0) is 18.3 Å². The lowest BCUT2D eigenvalue weighted by Gasteiger charge is -2.26. The van der Waals surface area contributed by atoms with Crippen LogP contribution in [-0.2, 0) is 11.3 Å². The van der Waals surface area contributed by atoms with Gasteiger partial charge in [0.15, 0.2) is 0 Å². The second-order valence-corrected chi connectivity index (χ2v) is 5.20. The van der Waals surface area contributed by atoms with E-state index in [4.69, 9.17) is 0 Å². The van der Waals surface area contributed by atoms with E-state index in [-0.39, 0.29) is 5.91 Å². The largest absolute Gasteiger partial charge is 0.337 e. The molecule has 2 saturated heterocycles. The van der Waals surface area contributed by atoms with E-state index >= 15 is 0 Å². The van der Waals surface area contributed by atoms with E-state index in [0.29, 0.717) is 24.4 Å². The molecule has 2 aliphatic heterocycles. The highest BCUT2D eigenvalue weighted by Crippen LogP contribution is 2.34. The normalized spacial score (nSPS) is 30.7. The van der Waals surface area contributed by atoms with Gasteiger partial charge in [-0.25, -0.2) is 4.68 Å². The predicted octanol–water partition coefficient (Wildman–Crippen LogP) is -0.265. The van der Waals surface area contributed by atoms with Gasteiger partial charge >= 0.3 is 0 Å². The number of nitrogens with one attached hydrogen (secondary N) is 1. The summed E-state index contributed by atoms with van der Waals surface area (Å²) in [6.07, 6.45) is 4.37. The zero-order chi connectivity index (χ0) is 12.5. The third kappa shape index (κ3) is 1.90. The van der Waals surface area contributed by atoms with Crippen LogP contribution in [0.25, 0.3) is 0 Å². The van der Waals surface area contributed by atoms with Crippen molar-refractivity contribution in [1.29, 1.82) is 0 Å². The van der Waals surface area contributed by atoms with Crippen LogP contribution >= 0.6 is 0 Å². The molecule has 0 aromatic carbocycles. The zero-order valence-electron chi connectivity index (χ0n) is 10.6. The molecule has 98 valence electrons. The van der Waals surface area contributed by atoms with Crippen LogP contribution in [-0.4, -0.2) is 51.5 Å². The van der Waals surface area contributed by atoms with Crippen LogP contribution < -0.4 is 5.32 Å². The quantitative estimate of drug-likeness (QED) is 0.801. The summed E-state index contributed by atoms with van der Waals surface area (Å²) in [5.74, 6) is 1.44. The molecular weight excluding hydrogens is 230 g/mol. The average molecular weight is 249 g/mol. The Hall–Kier alpha value is -1.43. The molecular formula is C12H19N5O. The number of amides is 1. The van der Waals surface area contributed by atoms with Gasteiger partial charge < -0.3 is 10.2 Å². The van der Waals surface area contributed by atoms with Crippen LogP contribution in [0, 0.1) is 11.8 Å². The molecule has 2 fully saturated rings. The Morgan fingerprint density at radius 2 is 2.39 bits per heavy atom. The van der Waals surface area contributed by atoms with E-state index in [9.17, 15) is 4.79 Å². The maximum absolute atomic E-state index is 12.3. The van der Waals surface area contributed by atoms with Crippen molar-refractivity contribution < 1.29 is 4.79 Å². The van der Waals surface area contributed by atoms with Crippen molar-refractivity contribution in [2.45, 2.75) is 25.9 Å². The van der Waals surface area contributed by atoms with E-state index in [2.05, 4.69) is 27.5 Å². The minimum atomic E-state index is 0.168. The van der Waals surface area contributed by atoms with Crippen molar-refractivity contribution in [2.75, 3.05) is 19.6 Å². The Morgan fingerprint density at radius 1 is 1.50 bits per heavy atom. The molecule has 3 heterocycles. The molecule has 0 spiro atoms. The van der Waals surface area contributed by atoms with Gasteiger partial charge in [-0.2, -0.15) is 0 Å². The predicted molar refractivity (Wildman–Crippen MR) is 65.7 cm³/mol. The number of carbonyl (C=O) groups is 1. The summed E-state index contributed by atoms with van der Waals surface area (Å²) in [4.78, 5) is 14.4. The Kier molecular flexibility index (Phi) is 3.03. The van der Waals surface area contributed by atoms with Crippen molar-refractivity contribution >= 4 is 5.91 Å². The fraction of sp³-hybridized carbons (Fsp3) is 0.750. The fourth-order valence-corrected chi connectivity index (χ4v) is 3.38. The topological polar surface area (TPSA) is 63.1 Å². The van der Waals surface area contributed by atoms with Gasteiger partial charge in [-0.1, -0.05) is 12.1 Å². The lowest BCUT2D eigenvalue weighted by molar-refractivity contribution is -0.133. The third-order valence-electron chi connectivity index (χ3n) is 4.23. The van der Waals surface area contributed by atoms with E-state index in [1.165, 1.54) is 0 Å².